The number of unbranched alkanes of at least 4 members (excludes halogenated alkanes) is 7. The van der Waals surface area contributed by atoms with Crippen molar-refractivity contribution in [3.8, 4) is 5.75 Å². The van der Waals surface area contributed by atoms with Gasteiger partial charge >= 0.3 is 17.9 Å². The summed E-state index contributed by atoms with van der Waals surface area (Å²) < 4.78 is 0. The number of carboxylic acids is 3. The molecule has 6 N–H and O–H groups in total. The first-order chi connectivity index (χ1) is 19.4. The minimum absolute atomic E-state index is 0.0404. The molecule has 1 rings (SSSR count). The number of hydrogen-bond acceptors (Lipinski definition) is 7. The number of aliphatic carboxylic acids is 3. The van der Waals surface area contributed by atoms with E-state index in [0.717, 1.165) is 51.0 Å². The van der Waals surface area contributed by atoms with Gasteiger partial charge in [0.2, 0.25) is 5.91 Å². The Balaban J connectivity index is 2.82. The zero-order valence-electron chi connectivity index (χ0n) is 23.6. The molecule has 41 heavy (non-hydrogen) atoms. The van der Waals surface area contributed by atoms with Crippen LogP contribution >= 0.6 is 0 Å². The van der Waals surface area contributed by atoms with E-state index < -0.39 is 47.8 Å². The zero-order valence-corrected chi connectivity index (χ0v) is 23.6. The highest BCUT2D eigenvalue weighted by Gasteiger charge is 2.49. The summed E-state index contributed by atoms with van der Waals surface area (Å²) in [5, 5.41) is 50.9. The average Bonchev–Trinajstić information content (AvgIpc) is 2.90. The van der Waals surface area contributed by atoms with Gasteiger partial charge in [-0.2, -0.15) is 0 Å². The SMILES string of the molecule is CCCCCCC(=O)CCCCCC/C=C/C(C(=O)NC(Cc1ccc(O)cc1)C(=O)O)C(O)(CC(=O)O)C(=O)O. The number of hydrogen-bond donors (Lipinski definition) is 6. The number of Topliss-reactive ketones (excluding diaryl/α,β-unsaturated/α-hetero) is 1. The standard InChI is InChI=1S/C30H43NO10/c1-2-3-4-9-12-22(32)13-10-7-5-6-8-11-14-24(30(41,29(39)40)20-26(34)35)27(36)31-25(28(37)38)19-21-15-17-23(33)18-16-21/h11,14-18,24-25,33,41H,2-10,12-13,19-20H2,1H3,(H,31,36)(H,34,35)(H,37,38)(H,39,40)/b14-11+. The van der Waals surface area contributed by atoms with Crippen molar-refractivity contribution >= 4 is 29.6 Å². The van der Waals surface area contributed by atoms with Crippen molar-refractivity contribution in [2.45, 2.75) is 102 Å². The van der Waals surface area contributed by atoms with Crippen molar-refractivity contribution in [3.05, 3.63) is 42.0 Å². The zero-order chi connectivity index (χ0) is 30.8. The molecule has 1 aromatic rings. The lowest BCUT2D eigenvalue weighted by Crippen LogP contribution is -2.55. The summed E-state index contributed by atoms with van der Waals surface area (Å²) in [5.41, 5.74) is -2.56. The van der Waals surface area contributed by atoms with Crippen LogP contribution in [0.15, 0.2) is 36.4 Å². The Morgan fingerprint density at radius 3 is 2.00 bits per heavy atom. The van der Waals surface area contributed by atoms with Gasteiger partial charge in [-0.05, 0) is 43.4 Å². The van der Waals surface area contributed by atoms with Crippen LogP contribution in [0.3, 0.4) is 0 Å². The quantitative estimate of drug-likeness (QED) is 0.0869. The maximum atomic E-state index is 13.1. The van der Waals surface area contributed by atoms with Crippen LogP contribution in [0.25, 0.3) is 0 Å². The van der Waals surface area contributed by atoms with Crippen LogP contribution in [-0.2, 0) is 30.4 Å². The molecule has 0 saturated carbocycles. The van der Waals surface area contributed by atoms with Crippen molar-refractivity contribution in [1.29, 1.82) is 0 Å². The number of phenols is 1. The van der Waals surface area contributed by atoms with E-state index in [1.807, 2.05) is 0 Å². The molecule has 1 aromatic carbocycles. The Kier molecular flexibility index (Phi) is 16.0. The van der Waals surface area contributed by atoms with Gasteiger partial charge in [0.25, 0.3) is 0 Å². The maximum Gasteiger partial charge on any atom is 0.337 e. The summed E-state index contributed by atoms with van der Waals surface area (Å²) >= 11 is 0. The molecule has 0 aliphatic heterocycles. The van der Waals surface area contributed by atoms with E-state index in [2.05, 4.69) is 12.2 Å². The van der Waals surface area contributed by atoms with Gasteiger partial charge in [0.1, 0.15) is 17.6 Å². The third-order valence-electron chi connectivity index (χ3n) is 6.79. The van der Waals surface area contributed by atoms with Gasteiger partial charge in [-0.15, -0.1) is 0 Å². The molecule has 0 spiro atoms. The van der Waals surface area contributed by atoms with Gasteiger partial charge in [-0.25, -0.2) is 9.59 Å². The molecule has 1 amide bonds. The molecule has 0 bridgehead atoms. The number of aromatic hydroxyl groups is 1. The van der Waals surface area contributed by atoms with Crippen LogP contribution in [0.5, 0.6) is 5.75 Å². The number of carbonyl (C=O) groups excluding carboxylic acids is 2. The second-order valence-corrected chi connectivity index (χ2v) is 10.3. The summed E-state index contributed by atoms with van der Waals surface area (Å²) in [5.74, 6) is -7.84. The van der Waals surface area contributed by atoms with E-state index in [-0.39, 0.29) is 18.0 Å². The van der Waals surface area contributed by atoms with E-state index in [0.29, 0.717) is 31.2 Å². The number of nitrogens with one attached hydrogen (secondary N) is 1. The van der Waals surface area contributed by atoms with Crippen molar-refractivity contribution in [3.63, 3.8) is 0 Å². The highest BCUT2D eigenvalue weighted by Crippen LogP contribution is 2.26. The fourth-order valence-electron chi connectivity index (χ4n) is 4.39. The lowest BCUT2D eigenvalue weighted by molar-refractivity contribution is -0.172. The van der Waals surface area contributed by atoms with Crippen LogP contribution in [0.2, 0.25) is 0 Å². The summed E-state index contributed by atoms with van der Waals surface area (Å²) in [4.78, 5) is 60.1. The van der Waals surface area contributed by atoms with Crippen LogP contribution in [0, 0.1) is 5.92 Å². The van der Waals surface area contributed by atoms with Crippen molar-refractivity contribution in [1.82, 2.24) is 5.32 Å². The molecule has 0 radical (unpaired) electrons. The minimum Gasteiger partial charge on any atom is -0.508 e. The molecule has 11 heteroatoms. The second-order valence-electron chi connectivity index (χ2n) is 10.3. The summed E-state index contributed by atoms with van der Waals surface area (Å²) in [6.07, 6.45) is 9.83. The van der Waals surface area contributed by atoms with Crippen molar-refractivity contribution in [2.24, 2.45) is 5.92 Å². The number of allylic oxidation sites excluding steroid dienone is 1. The number of aliphatic hydroxyl groups is 1. The molecular formula is C30H43NO10. The van der Waals surface area contributed by atoms with E-state index in [1.54, 1.807) is 0 Å². The minimum atomic E-state index is -3.02. The molecule has 3 atom stereocenters. The predicted molar refractivity (Wildman–Crippen MR) is 150 cm³/mol. The lowest BCUT2D eigenvalue weighted by Gasteiger charge is -2.29. The van der Waals surface area contributed by atoms with Gasteiger partial charge in [0.15, 0.2) is 5.60 Å². The first kappa shape index (κ1) is 35.3. The number of amides is 1. The first-order valence-electron chi connectivity index (χ1n) is 14.1. The Morgan fingerprint density at radius 2 is 1.46 bits per heavy atom. The Hall–Kier alpha value is -3.73. The lowest BCUT2D eigenvalue weighted by atomic mass is 9.82. The summed E-state index contributed by atoms with van der Waals surface area (Å²) in [6, 6.07) is 4.07. The number of carboxylic acid groups (broad SMARTS) is 3. The maximum absolute atomic E-state index is 13.1. The number of phenolic OH excluding ortho intramolecular Hbond substituents is 1. The van der Waals surface area contributed by atoms with Gasteiger partial charge in [-0.1, -0.05) is 63.3 Å². The first-order valence-corrected chi connectivity index (χ1v) is 14.1. The van der Waals surface area contributed by atoms with Gasteiger partial charge in [-0.3, -0.25) is 14.4 Å². The predicted octanol–water partition coefficient (Wildman–Crippen LogP) is 3.85. The van der Waals surface area contributed by atoms with E-state index in [1.165, 1.54) is 30.3 Å². The monoisotopic (exact) mass is 577 g/mol. The van der Waals surface area contributed by atoms with Crippen molar-refractivity contribution < 1.29 is 49.5 Å². The largest absolute Gasteiger partial charge is 0.508 e. The Labute approximate surface area is 240 Å². The Morgan fingerprint density at radius 1 is 0.878 bits per heavy atom. The number of ketones is 1. The van der Waals surface area contributed by atoms with Gasteiger partial charge < -0.3 is 30.8 Å². The molecule has 0 aromatic heterocycles. The Bertz CT molecular complexity index is 1040. The van der Waals surface area contributed by atoms with Gasteiger partial charge in [0, 0.05) is 19.3 Å². The highest BCUT2D eigenvalue weighted by molar-refractivity contribution is 5.94. The fraction of sp³-hybridized carbons (Fsp3) is 0.567. The number of benzene rings is 1. The normalized spacial score (nSPS) is 14.2. The average molecular weight is 578 g/mol. The molecule has 228 valence electrons. The number of carbonyl (C=O) groups is 5. The molecule has 0 fully saturated rings. The van der Waals surface area contributed by atoms with E-state index >= 15 is 0 Å². The van der Waals surface area contributed by atoms with E-state index in [9.17, 15) is 49.5 Å². The van der Waals surface area contributed by atoms with Gasteiger partial charge in [0.05, 0.1) is 12.3 Å². The van der Waals surface area contributed by atoms with E-state index in [4.69, 9.17) is 0 Å². The molecule has 0 aliphatic rings. The molecule has 0 saturated heterocycles. The van der Waals surface area contributed by atoms with Crippen LogP contribution in [0.4, 0.5) is 0 Å². The molecule has 0 heterocycles. The van der Waals surface area contributed by atoms with Crippen LogP contribution in [0.1, 0.15) is 89.5 Å². The molecule has 0 aliphatic carbocycles. The molecule has 3 unspecified atom stereocenters. The molecular weight excluding hydrogens is 534 g/mol. The topological polar surface area (TPSA) is 199 Å². The summed E-state index contributed by atoms with van der Waals surface area (Å²) in [7, 11) is 0. The molecule has 11 nitrogen and oxygen atoms in total. The summed E-state index contributed by atoms with van der Waals surface area (Å²) in [6.45, 7) is 2.12. The third kappa shape index (κ3) is 13.5. The fourth-order valence-corrected chi connectivity index (χ4v) is 4.39. The van der Waals surface area contributed by atoms with Crippen LogP contribution < -0.4 is 5.32 Å². The highest BCUT2D eigenvalue weighted by atomic mass is 16.4. The second kappa shape index (κ2) is 18.6. The number of rotatable bonds is 22. The van der Waals surface area contributed by atoms with Crippen molar-refractivity contribution in [2.75, 3.05) is 0 Å². The van der Waals surface area contributed by atoms with Crippen LogP contribution in [-0.4, -0.2) is 66.8 Å². The third-order valence-corrected chi connectivity index (χ3v) is 6.79. The smallest absolute Gasteiger partial charge is 0.337 e.